The molecule has 4 rings (SSSR count). The Morgan fingerprint density at radius 1 is 1.15 bits per heavy atom. The predicted molar refractivity (Wildman–Crippen MR) is 120 cm³/mol. The molecule has 0 saturated carbocycles. The highest BCUT2D eigenvalue weighted by atomic mass is 32.1. The van der Waals surface area contributed by atoms with E-state index in [1.165, 1.54) is 23.5 Å². The van der Waals surface area contributed by atoms with Gasteiger partial charge in [0.15, 0.2) is 11.6 Å². The molecule has 0 aliphatic carbocycles. The SMILES string of the molecule is CCc1ncc(C(CNC(=O)c2cc(-c3ncc(F)cn3)ccc2F)N2CCC(F)(F)CC2)s1. The standard InChI is InChI=1S/C23H23F4N5OS/c1-2-20-28-13-19(34-20)18(32-7-5-23(26,27)6-8-32)12-31-22(33)16-9-14(3-4-17(16)25)21-29-10-15(24)11-30-21/h3-4,9-11,13,18H,2,5-8,12H2,1H3,(H,31,33). The lowest BCUT2D eigenvalue weighted by Gasteiger charge is -2.37. The predicted octanol–water partition coefficient (Wildman–Crippen LogP) is 4.64. The molecule has 1 aliphatic heterocycles. The van der Waals surface area contributed by atoms with E-state index in [4.69, 9.17) is 0 Å². The summed E-state index contributed by atoms with van der Waals surface area (Å²) in [5.74, 6) is -4.55. The number of aromatic nitrogens is 3. The molecule has 1 unspecified atom stereocenters. The van der Waals surface area contributed by atoms with E-state index in [0.717, 1.165) is 34.8 Å². The molecular weight excluding hydrogens is 470 g/mol. The number of benzene rings is 1. The number of halogens is 4. The summed E-state index contributed by atoms with van der Waals surface area (Å²) in [6, 6.07) is 3.47. The molecule has 1 atom stereocenters. The molecule has 0 radical (unpaired) electrons. The third-order valence-electron chi connectivity index (χ3n) is 5.72. The minimum absolute atomic E-state index is 0.104. The van der Waals surface area contributed by atoms with Crippen LogP contribution < -0.4 is 5.32 Å². The van der Waals surface area contributed by atoms with Gasteiger partial charge in [-0.15, -0.1) is 11.3 Å². The van der Waals surface area contributed by atoms with Crippen LogP contribution in [-0.2, 0) is 6.42 Å². The first kappa shape index (κ1) is 24.2. The fraction of sp³-hybridized carbons (Fsp3) is 0.391. The van der Waals surface area contributed by atoms with Gasteiger partial charge >= 0.3 is 0 Å². The summed E-state index contributed by atoms with van der Waals surface area (Å²) in [6.07, 6.45) is 3.90. The van der Waals surface area contributed by atoms with Gasteiger partial charge in [0.2, 0.25) is 0 Å². The topological polar surface area (TPSA) is 71.0 Å². The van der Waals surface area contributed by atoms with E-state index in [9.17, 15) is 22.4 Å². The molecule has 2 aromatic heterocycles. The maximum Gasteiger partial charge on any atom is 0.254 e. The van der Waals surface area contributed by atoms with Crippen LogP contribution in [0.3, 0.4) is 0 Å². The first-order valence-corrected chi connectivity index (χ1v) is 11.7. The van der Waals surface area contributed by atoms with Crippen molar-refractivity contribution in [2.45, 2.75) is 38.2 Å². The average Bonchev–Trinajstić information content (AvgIpc) is 3.30. The van der Waals surface area contributed by atoms with Crippen LogP contribution in [0.15, 0.2) is 36.8 Å². The molecule has 0 spiro atoms. The number of amides is 1. The number of alkyl halides is 2. The molecule has 0 bridgehead atoms. The van der Waals surface area contributed by atoms with E-state index in [1.54, 1.807) is 6.20 Å². The van der Waals surface area contributed by atoms with Gasteiger partial charge in [0.25, 0.3) is 11.8 Å². The summed E-state index contributed by atoms with van der Waals surface area (Å²) in [5.41, 5.74) is 0.143. The Kier molecular flexibility index (Phi) is 7.22. The molecule has 1 aliphatic rings. The van der Waals surface area contributed by atoms with Crippen LogP contribution in [0, 0.1) is 11.6 Å². The zero-order chi connectivity index (χ0) is 24.3. The second-order valence-corrected chi connectivity index (χ2v) is 9.19. The second kappa shape index (κ2) is 10.1. The lowest BCUT2D eigenvalue weighted by Crippen LogP contribution is -2.44. The largest absolute Gasteiger partial charge is 0.350 e. The monoisotopic (exact) mass is 493 g/mol. The number of likely N-dealkylation sites (tertiary alicyclic amines) is 1. The van der Waals surface area contributed by atoms with Gasteiger partial charge in [-0.3, -0.25) is 9.69 Å². The van der Waals surface area contributed by atoms with Crippen LogP contribution in [0.2, 0.25) is 0 Å². The second-order valence-electron chi connectivity index (χ2n) is 8.05. The van der Waals surface area contributed by atoms with Gasteiger partial charge in [0, 0.05) is 49.1 Å². The number of aryl methyl sites for hydroxylation is 1. The maximum atomic E-state index is 14.5. The summed E-state index contributed by atoms with van der Waals surface area (Å²) in [4.78, 5) is 27.7. The van der Waals surface area contributed by atoms with Gasteiger partial charge in [-0.1, -0.05) is 6.92 Å². The smallest absolute Gasteiger partial charge is 0.254 e. The van der Waals surface area contributed by atoms with E-state index in [1.807, 2.05) is 11.8 Å². The number of rotatable bonds is 7. The number of thiazole rings is 1. The molecule has 11 heteroatoms. The van der Waals surface area contributed by atoms with Crippen molar-refractivity contribution in [2.24, 2.45) is 0 Å². The fourth-order valence-corrected chi connectivity index (χ4v) is 4.79. The van der Waals surface area contributed by atoms with Crippen molar-refractivity contribution in [1.29, 1.82) is 0 Å². The molecule has 34 heavy (non-hydrogen) atoms. The van der Waals surface area contributed by atoms with Crippen molar-refractivity contribution in [3.8, 4) is 11.4 Å². The summed E-state index contributed by atoms with van der Waals surface area (Å²) in [5, 5.41) is 3.65. The normalized spacial score (nSPS) is 16.9. The molecule has 1 amide bonds. The third-order valence-corrected chi connectivity index (χ3v) is 6.96. The molecule has 1 fully saturated rings. The molecule has 1 N–H and O–H groups in total. The molecule has 180 valence electrons. The van der Waals surface area contributed by atoms with Gasteiger partial charge in [0.05, 0.1) is 29.0 Å². The molecule has 3 heterocycles. The van der Waals surface area contributed by atoms with E-state index >= 15 is 0 Å². The van der Waals surface area contributed by atoms with Crippen molar-refractivity contribution in [2.75, 3.05) is 19.6 Å². The number of piperidine rings is 1. The highest BCUT2D eigenvalue weighted by molar-refractivity contribution is 7.11. The summed E-state index contributed by atoms with van der Waals surface area (Å²) in [6.45, 7) is 2.44. The summed E-state index contributed by atoms with van der Waals surface area (Å²) < 4.78 is 55.0. The minimum Gasteiger partial charge on any atom is -0.350 e. The van der Waals surface area contributed by atoms with Crippen LogP contribution in [0.25, 0.3) is 11.4 Å². The Bertz CT molecular complexity index is 1140. The minimum atomic E-state index is -2.70. The van der Waals surface area contributed by atoms with Crippen molar-refractivity contribution in [1.82, 2.24) is 25.2 Å². The molecular formula is C23H23F4N5OS. The Balaban J connectivity index is 1.52. The van der Waals surface area contributed by atoms with Crippen LogP contribution in [0.4, 0.5) is 17.6 Å². The number of hydrogen-bond donors (Lipinski definition) is 1. The van der Waals surface area contributed by atoms with Gasteiger partial charge < -0.3 is 5.32 Å². The Morgan fingerprint density at radius 3 is 2.50 bits per heavy atom. The van der Waals surface area contributed by atoms with Crippen molar-refractivity contribution < 1.29 is 22.4 Å². The quantitative estimate of drug-likeness (QED) is 0.486. The maximum absolute atomic E-state index is 14.5. The van der Waals surface area contributed by atoms with E-state index in [-0.39, 0.29) is 49.9 Å². The molecule has 6 nitrogen and oxygen atoms in total. The van der Waals surface area contributed by atoms with Gasteiger partial charge in [-0.05, 0) is 24.6 Å². The van der Waals surface area contributed by atoms with Crippen LogP contribution in [0.1, 0.15) is 46.0 Å². The summed E-state index contributed by atoms with van der Waals surface area (Å²) in [7, 11) is 0. The number of carbonyl (C=O) groups is 1. The Hall–Kier alpha value is -2.92. The Morgan fingerprint density at radius 2 is 1.85 bits per heavy atom. The highest BCUT2D eigenvalue weighted by Crippen LogP contribution is 2.34. The molecule has 1 saturated heterocycles. The molecule has 1 aromatic carbocycles. The number of nitrogens with zero attached hydrogens (tertiary/aromatic N) is 4. The van der Waals surface area contributed by atoms with Crippen LogP contribution in [-0.4, -0.2) is 51.3 Å². The van der Waals surface area contributed by atoms with Crippen LogP contribution >= 0.6 is 11.3 Å². The first-order chi connectivity index (χ1) is 16.3. The van der Waals surface area contributed by atoms with E-state index in [0.29, 0.717) is 5.56 Å². The lowest BCUT2D eigenvalue weighted by molar-refractivity contribution is -0.0629. The van der Waals surface area contributed by atoms with Gasteiger partial charge in [0.1, 0.15) is 5.82 Å². The average molecular weight is 494 g/mol. The van der Waals surface area contributed by atoms with Crippen molar-refractivity contribution >= 4 is 17.2 Å². The number of hydrogen-bond acceptors (Lipinski definition) is 6. The number of nitrogens with one attached hydrogen (secondary N) is 1. The third kappa shape index (κ3) is 5.58. The zero-order valence-corrected chi connectivity index (χ0v) is 19.2. The van der Waals surface area contributed by atoms with Gasteiger partial charge in [-0.25, -0.2) is 32.5 Å². The molecule has 3 aromatic rings. The summed E-state index contributed by atoms with van der Waals surface area (Å²) >= 11 is 1.47. The van der Waals surface area contributed by atoms with Gasteiger partial charge in [-0.2, -0.15) is 0 Å². The Labute approximate surface area is 198 Å². The first-order valence-electron chi connectivity index (χ1n) is 10.9. The zero-order valence-electron chi connectivity index (χ0n) is 18.4. The fourth-order valence-electron chi connectivity index (χ4n) is 3.80. The lowest BCUT2D eigenvalue weighted by atomic mass is 10.0. The van der Waals surface area contributed by atoms with E-state index in [2.05, 4.69) is 20.3 Å². The van der Waals surface area contributed by atoms with Crippen molar-refractivity contribution in [3.05, 3.63) is 63.9 Å². The van der Waals surface area contributed by atoms with Crippen molar-refractivity contribution in [3.63, 3.8) is 0 Å². The highest BCUT2D eigenvalue weighted by Gasteiger charge is 2.37. The van der Waals surface area contributed by atoms with E-state index < -0.39 is 23.5 Å². The van der Waals surface area contributed by atoms with Crippen LogP contribution in [0.5, 0.6) is 0 Å². The number of carbonyl (C=O) groups excluding carboxylic acids is 1.